The van der Waals surface area contributed by atoms with Crippen LogP contribution in [0.5, 0.6) is 11.5 Å². The lowest BCUT2D eigenvalue weighted by Gasteiger charge is -2.21. The van der Waals surface area contributed by atoms with Gasteiger partial charge in [-0.1, -0.05) is 61.8 Å². The monoisotopic (exact) mass is 475 g/mol. The Bertz CT molecular complexity index is 1350. The van der Waals surface area contributed by atoms with Gasteiger partial charge in [-0.2, -0.15) is 5.10 Å². The van der Waals surface area contributed by atoms with Crippen molar-refractivity contribution in [2.75, 3.05) is 7.05 Å². The maximum Gasteiger partial charge on any atom is 0.257 e. The highest BCUT2D eigenvalue weighted by molar-refractivity contribution is 6.32. The van der Waals surface area contributed by atoms with Crippen molar-refractivity contribution >= 4 is 17.5 Å². The first-order valence-corrected chi connectivity index (χ1v) is 11.3. The number of aromatic nitrogens is 2. The predicted octanol–water partition coefficient (Wildman–Crippen LogP) is 6.00. The van der Waals surface area contributed by atoms with Crippen LogP contribution < -0.4 is 0 Å². The normalized spacial score (nSPS) is 11.1. The lowest BCUT2D eigenvalue weighted by atomic mass is 9.97. The number of hydrogen-bond donors (Lipinski definition) is 2. The van der Waals surface area contributed by atoms with Crippen molar-refractivity contribution in [1.82, 2.24) is 14.7 Å². The fourth-order valence-corrected chi connectivity index (χ4v) is 4.27. The first-order chi connectivity index (χ1) is 16.3. The number of rotatable bonds is 6. The molecule has 4 rings (SSSR count). The van der Waals surface area contributed by atoms with Gasteiger partial charge in [0.2, 0.25) is 0 Å². The second-order valence-corrected chi connectivity index (χ2v) is 8.89. The van der Waals surface area contributed by atoms with E-state index in [9.17, 15) is 15.0 Å². The van der Waals surface area contributed by atoms with Gasteiger partial charge < -0.3 is 15.1 Å². The van der Waals surface area contributed by atoms with Crippen molar-refractivity contribution < 1.29 is 15.0 Å². The summed E-state index contributed by atoms with van der Waals surface area (Å²) >= 11 is 6.35. The molecule has 1 amide bonds. The van der Waals surface area contributed by atoms with Crippen molar-refractivity contribution in [1.29, 1.82) is 0 Å². The van der Waals surface area contributed by atoms with E-state index in [0.717, 1.165) is 5.56 Å². The van der Waals surface area contributed by atoms with E-state index in [0.29, 0.717) is 34.4 Å². The Morgan fingerprint density at radius 2 is 1.74 bits per heavy atom. The minimum Gasteiger partial charge on any atom is -0.507 e. The summed E-state index contributed by atoms with van der Waals surface area (Å²) in [4.78, 5) is 14.9. The van der Waals surface area contributed by atoms with Crippen LogP contribution in [0.15, 0.2) is 72.9 Å². The van der Waals surface area contributed by atoms with Gasteiger partial charge in [0.1, 0.15) is 11.5 Å². The molecule has 0 saturated heterocycles. The van der Waals surface area contributed by atoms with E-state index in [1.54, 1.807) is 35.0 Å². The molecule has 0 unspecified atom stereocenters. The fraction of sp³-hybridized carbons (Fsp3) is 0.185. The molecular formula is C27H26ClN3O3. The Labute approximate surface area is 203 Å². The predicted molar refractivity (Wildman–Crippen MR) is 134 cm³/mol. The number of amides is 1. The molecule has 1 aromatic heterocycles. The first-order valence-electron chi connectivity index (χ1n) is 11.0. The molecule has 0 atom stereocenters. The average molecular weight is 476 g/mol. The molecule has 2 N–H and O–H groups in total. The molecule has 3 aromatic carbocycles. The van der Waals surface area contributed by atoms with Crippen molar-refractivity contribution in [3.63, 3.8) is 0 Å². The quantitative estimate of drug-likeness (QED) is 0.358. The van der Waals surface area contributed by atoms with Crippen molar-refractivity contribution in [2.45, 2.75) is 26.3 Å². The number of carbonyl (C=O) groups excluding carboxylic acids is 1. The second-order valence-electron chi connectivity index (χ2n) is 8.48. The molecule has 0 radical (unpaired) electrons. The molecule has 6 nitrogen and oxygen atoms in total. The van der Waals surface area contributed by atoms with Crippen LogP contribution in [0.4, 0.5) is 0 Å². The molecule has 0 saturated carbocycles. The minimum absolute atomic E-state index is 0.0873. The average Bonchev–Trinajstić information content (AvgIpc) is 3.28. The lowest BCUT2D eigenvalue weighted by molar-refractivity contribution is 0.0781. The third-order valence-electron chi connectivity index (χ3n) is 5.78. The molecule has 0 fully saturated rings. The van der Waals surface area contributed by atoms with Crippen LogP contribution in [0.3, 0.4) is 0 Å². The zero-order valence-electron chi connectivity index (χ0n) is 19.2. The Kier molecular flexibility index (Phi) is 6.61. The van der Waals surface area contributed by atoms with Gasteiger partial charge in [-0.25, -0.2) is 4.68 Å². The molecule has 4 aromatic rings. The molecular weight excluding hydrogens is 450 g/mol. The molecule has 0 bridgehead atoms. The van der Waals surface area contributed by atoms with E-state index in [1.165, 1.54) is 17.7 Å². The summed E-state index contributed by atoms with van der Waals surface area (Å²) < 4.78 is 1.59. The number of nitrogens with zero attached hydrogens (tertiary/aromatic N) is 3. The van der Waals surface area contributed by atoms with E-state index >= 15 is 0 Å². The number of phenolic OH excluding ortho intramolecular Hbond substituents is 2. The topological polar surface area (TPSA) is 78.6 Å². The minimum atomic E-state index is -0.360. The number of carbonyl (C=O) groups is 1. The maximum absolute atomic E-state index is 13.3. The summed E-state index contributed by atoms with van der Waals surface area (Å²) in [6.45, 7) is 4.61. The van der Waals surface area contributed by atoms with Crippen molar-refractivity contribution in [2.24, 2.45) is 0 Å². The highest BCUT2D eigenvalue weighted by atomic mass is 35.5. The number of aromatic hydroxyl groups is 2. The molecule has 0 aliphatic heterocycles. The second kappa shape index (κ2) is 9.61. The summed E-state index contributed by atoms with van der Waals surface area (Å²) in [6, 6.07) is 19.6. The summed E-state index contributed by atoms with van der Waals surface area (Å²) in [5, 5.41) is 26.0. The van der Waals surface area contributed by atoms with Gasteiger partial charge in [-0.3, -0.25) is 4.79 Å². The van der Waals surface area contributed by atoms with Crippen LogP contribution in [-0.4, -0.2) is 37.8 Å². The Hall–Kier alpha value is -3.77. The molecule has 34 heavy (non-hydrogen) atoms. The van der Waals surface area contributed by atoms with Gasteiger partial charge >= 0.3 is 0 Å². The van der Waals surface area contributed by atoms with E-state index in [1.807, 2.05) is 36.4 Å². The smallest absolute Gasteiger partial charge is 0.257 e. The summed E-state index contributed by atoms with van der Waals surface area (Å²) in [5.74, 6) is -0.505. The molecule has 0 aliphatic carbocycles. The van der Waals surface area contributed by atoms with Crippen LogP contribution in [-0.2, 0) is 6.54 Å². The highest BCUT2D eigenvalue weighted by Crippen LogP contribution is 2.37. The van der Waals surface area contributed by atoms with Gasteiger partial charge in [0.15, 0.2) is 0 Å². The van der Waals surface area contributed by atoms with Gasteiger partial charge in [0, 0.05) is 25.2 Å². The summed E-state index contributed by atoms with van der Waals surface area (Å²) in [7, 11) is 1.69. The zero-order chi connectivity index (χ0) is 24.4. The molecule has 0 spiro atoms. The molecule has 0 aliphatic rings. The van der Waals surface area contributed by atoms with Crippen LogP contribution >= 0.6 is 11.6 Å². The van der Waals surface area contributed by atoms with Crippen LogP contribution in [0, 0.1) is 0 Å². The van der Waals surface area contributed by atoms with Gasteiger partial charge in [0.25, 0.3) is 5.91 Å². The standard InChI is InChI=1S/C27H26ClN3O3/c1-17(2)19-9-5-4-8-18(19)16-30(3)27(34)21-14-20(25(32)15-26(21)33)23-12-13-29-31(23)24-11-7-6-10-22(24)28/h4-15,17,32-33H,16H2,1-3H3. The number of hydrogen-bond acceptors (Lipinski definition) is 4. The third-order valence-corrected chi connectivity index (χ3v) is 6.09. The number of benzene rings is 3. The SMILES string of the molecule is CC(C)c1ccccc1CN(C)C(=O)c1cc(-c2ccnn2-c2ccccc2Cl)c(O)cc1O. The summed E-state index contributed by atoms with van der Waals surface area (Å²) in [5.41, 5.74) is 3.82. The molecule has 174 valence electrons. The van der Waals surface area contributed by atoms with E-state index in [2.05, 4.69) is 25.0 Å². The maximum atomic E-state index is 13.3. The fourth-order valence-electron chi connectivity index (χ4n) is 4.05. The van der Waals surface area contributed by atoms with Crippen LogP contribution in [0.2, 0.25) is 5.02 Å². The van der Waals surface area contributed by atoms with E-state index in [4.69, 9.17) is 11.6 Å². The van der Waals surface area contributed by atoms with Crippen molar-refractivity contribution in [3.8, 4) is 28.4 Å². The third kappa shape index (κ3) is 4.50. The summed E-state index contributed by atoms with van der Waals surface area (Å²) in [6.07, 6.45) is 1.58. The first kappa shape index (κ1) is 23.4. The number of phenols is 2. The molecule has 7 heteroatoms. The zero-order valence-corrected chi connectivity index (χ0v) is 20.0. The lowest BCUT2D eigenvalue weighted by Crippen LogP contribution is -2.27. The van der Waals surface area contributed by atoms with Crippen LogP contribution in [0.25, 0.3) is 16.9 Å². The Balaban J connectivity index is 1.71. The van der Waals surface area contributed by atoms with Crippen molar-refractivity contribution in [3.05, 3.63) is 94.6 Å². The Morgan fingerprint density at radius 1 is 1.03 bits per heavy atom. The number of halogens is 1. The van der Waals surface area contributed by atoms with E-state index in [-0.39, 0.29) is 23.0 Å². The van der Waals surface area contributed by atoms with E-state index < -0.39 is 0 Å². The number of para-hydroxylation sites is 1. The molecule has 1 heterocycles. The largest absolute Gasteiger partial charge is 0.507 e. The van der Waals surface area contributed by atoms with Crippen LogP contribution in [0.1, 0.15) is 41.3 Å². The van der Waals surface area contributed by atoms with Gasteiger partial charge in [0.05, 0.1) is 28.2 Å². The Morgan fingerprint density at radius 3 is 2.47 bits per heavy atom. The highest BCUT2D eigenvalue weighted by Gasteiger charge is 2.22. The van der Waals surface area contributed by atoms with Gasteiger partial charge in [-0.05, 0) is 41.3 Å². The van der Waals surface area contributed by atoms with Gasteiger partial charge in [-0.15, -0.1) is 0 Å².